The van der Waals surface area contributed by atoms with E-state index in [9.17, 15) is 9.90 Å². The fraction of sp³-hybridized carbons (Fsp3) is 0.250. The van der Waals surface area contributed by atoms with E-state index < -0.39 is 5.97 Å². The summed E-state index contributed by atoms with van der Waals surface area (Å²) < 4.78 is 6.03. The van der Waals surface area contributed by atoms with Gasteiger partial charge >= 0.3 is 5.97 Å². The predicted molar refractivity (Wildman–Crippen MR) is 113 cm³/mol. The maximum Gasteiger partial charge on any atom is 0.336 e. The molecule has 4 rings (SSSR count). The highest BCUT2D eigenvalue weighted by molar-refractivity contribution is 5.89. The number of aryl methyl sites for hydroxylation is 1. The van der Waals surface area contributed by atoms with Crippen molar-refractivity contribution in [2.24, 2.45) is 0 Å². The van der Waals surface area contributed by atoms with E-state index in [4.69, 9.17) is 4.74 Å². The predicted octanol–water partition coefficient (Wildman–Crippen LogP) is 4.79. The molecule has 0 fully saturated rings. The lowest BCUT2D eigenvalue weighted by molar-refractivity contribution is 0.0367. The fourth-order valence-electron chi connectivity index (χ4n) is 3.89. The van der Waals surface area contributed by atoms with Crippen LogP contribution in [0.4, 0.5) is 11.4 Å². The largest absolute Gasteiger partial charge is 0.478 e. The van der Waals surface area contributed by atoms with Crippen LogP contribution >= 0.6 is 0 Å². The minimum atomic E-state index is -0.916. The van der Waals surface area contributed by atoms with Gasteiger partial charge in [-0.3, -0.25) is 4.98 Å². The number of benzene rings is 2. The van der Waals surface area contributed by atoms with Gasteiger partial charge in [0.25, 0.3) is 0 Å². The number of aromatic carboxylic acids is 1. The summed E-state index contributed by atoms with van der Waals surface area (Å²) in [6.45, 7) is 0.676. The summed E-state index contributed by atoms with van der Waals surface area (Å²) in [5, 5.41) is 9.37. The van der Waals surface area contributed by atoms with Crippen molar-refractivity contribution in [1.29, 1.82) is 0 Å². The lowest BCUT2D eigenvalue weighted by atomic mass is 9.92. The third-order valence-electron chi connectivity index (χ3n) is 5.50. The molecule has 5 nitrogen and oxygen atoms in total. The van der Waals surface area contributed by atoms with Crippen LogP contribution in [0.3, 0.4) is 0 Å². The first-order chi connectivity index (χ1) is 14.1. The van der Waals surface area contributed by atoms with Crippen LogP contribution in [0.1, 0.15) is 39.6 Å². The third-order valence-corrected chi connectivity index (χ3v) is 5.50. The van der Waals surface area contributed by atoms with Crippen molar-refractivity contribution >= 4 is 17.3 Å². The van der Waals surface area contributed by atoms with E-state index in [1.54, 1.807) is 12.3 Å². The highest BCUT2D eigenvalue weighted by Gasteiger charge is 2.22. The molecule has 0 unspecified atom stereocenters. The van der Waals surface area contributed by atoms with E-state index >= 15 is 0 Å². The Bertz CT molecular complexity index is 1000. The molecule has 1 atom stereocenters. The first kappa shape index (κ1) is 19.2. The molecular formula is C24H24N2O3. The van der Waals surface area contributed by atoms with E-state index in [0.29, 0.717) is 18.6 Å². The van der Waals surface area contributed by atoms with Crippen LogP contribution < -0.4 is 4.90 Å². The molecule has 1 N–H and O–H groups in total. The summed E-state index contributed by atoms with van der Waals surface area (Å²) in [6.07, 6.45) is 5.36. The molecule has 0 spiro atoms. The minimum Gasteiger partial charge on any atom is -0.478 e. The van der Waals surface area contributed by atoms with Crippen LogP contribution in [0, 0.1) is 0 Å². The summed E-state index contributed by atoms with van der Waals surface area (Å²) in [5.41, 5.74) is 5.85. The Hall–Kier alpha value is -3.18. The average molecular weight is 388 g/mol. The van der Waals surface area contributed by atoms with Crippen LogP contribution in [-0.4, -0.2) is 29.7 Å². The zero-order valence-corrected chi connectivity index (χ0v) is 16.4. The second kappa shape index (κ2) is 8.45. The SMILES string of the molecule is CN(c1ccccc1)c1ccc2c(c1)CCO[C@H]2CCc1cnccc1C(=O)O. The maximum absolute atomic E-state index is 11.4. The lowest BCUT2D eigenvalue weighted by Crippen LogP contribution is -2.18. The molecule has 0 radical (unpaired) electrons. The van der Waals surface area contributed by atoms with Crippen LogP contribution in [0.15, 0.2) is 67.0 Å². The van der Waals surface area contributed by atoms with Gasteiger partial charge in [-0.2, -0.15) is 0 Å². The lowest BCUT2D eigenvalue weighted by Gasteiger charge is -2.28. The highest BCUT2D eigenvalue weighted by Crippen LogP contribution is 2.34. The quantitative estimate of drug-likeness (QED) is 0.658. The average Bonchev–Trinajstić information content (AvgIpc) is 2.77. The van der Waals surface area contributed by atoms with Crippen molar-refractivity contribution in [2.75, 3.05) is 18.6 Å². The molecule has 3 aromatic rings. The van der Waals surface area contributed by atoms with Crippen LogP contribution in [-0.2, 0) is 17.6 Å². The van der Waals surface area contributed by atoms with Gasteiger partial charge < -0.3 is 14.7 Å². The van der Waals surface area contributed by atoms with Crippen molar-refractivity contribution in [3.8, 4) is 0 Å². The number of rotatable bonds is 6. The van der Waals surface area contributed by atoms with E-state index in [1.165, 1.54) is 17.3 Å². The molecule has 0 aliphatic carbocycles. The number of aromatic nitrogens is 1. The number of carboxylic acid groups (broad SMARTS) is 1. The van der Waals surface area contributed by atoms with Crippen molar-refractivity contribution in [3.63, 3.8) is 0 Å². The number of pyridine rings is 1. The van der Waals surface area contributed by atoms with Crippen LogP contribution in [0.2, 0.25) is 0 Å². The zero-order valence-electron chi connectivity index (χ0n) is 16.4. The Morgan fingerprint density at radius 3 is 2.79 bits per heavy atom. The number of hydrogen-bond acceptors (Lipinski definition) is 4. The van der Waals surface area contributed by atoms with Gasteiger partial charge in [0.15, 0.2) is 0 Å². The number of hydrogen-bond donors (Lipinski definition) is 1. The van der Waals surface area contributed by atoms with Gasteiger partial charge in [0.05, 0.1) is 18.3 Å². The summed E-state index contributed by atoms with van der Waals surface area (Å²) >= 11 is 0. The smallest absolute Gasteiger partial charge is 0.336 e. The molecular weight excluding hydrogens is 364 g/mol. The second-order valence-corrected chi connectivity index (χ2v) is 7.26. The van der Waals surface area contributed by atoms with Crippen molar-refractivity contribution in [1.82, 2.24) is 4.98 Å². The Balaban J connectivity index is 1.53. The fourth-order valence-corrected chi connectivity index (χ4v) is 3.89. The van der Waals surface area contributed by atoms with Gasteiger partial charge in [-0.15, -0.1) is 0 Å². The summed E-state index contributed by atoms with van der Waals surface area (Å²) in [5.74, 6) is -0.916. The molecule has 5 heteroatoms. The van der Waals surface area contributed by atoms with Crippen LogP contribution in [0.25, 0.3) is 0 Å². The summed E-state index contributed by atoms with van der Waals surface area (Å²) in [7, 11) is 2.07. The normalized spacial score (nSPS) is 15.6. The highest BCUT2D eigenvalue weighted by atomic mass is 16.5. The van der Waals surface area contributed by atoms with Crippen molar-refractivity contribution in [3.05, 3.63) is 89.2 Å². The third kappa shape index (κ3) is 4.15. The molecule has 1 aliphatic rings. The zero-order chi connectivity index (χ0) is 20.2. The molecule has 0 bridgehead atoms. The second-order valence-electron chi connectivity index (χ2n) is 7.26. The molecule has 2 aromatic carbocycles. The molecule has 2 heterocycles. The topological polar surface area (TPSA) is 62.7 Å². The molecule has 1 aliphatic heterocycles. The Labute approximate surface area is 170 Å². The Morgan fingerprint density at radius 1 is 1.17 bits per heavy atom. The molecule has 148 valence electrons. The van der Waals surface area contributed by atoms with Gasteiger partial charge in [-0.1, -0.05) is 24.3 Å². The number of anilines is 2. The van der Waals surface area contributed by atoms with Gasteiger partial charge in [0, 0.05) is 30.8 Å². The minimum absolute atomic E-state index is 0.0308. The Kier molecular flexibility index (Phi) is 5.58. The summed E-state index contributed by atoms with van der Waals surface area (Å²) in [4.78, 5) is 17.7. The van der Waals surface area contributed by atoms with E-state index in [0.717, 1.165) is 29.8 Å². The van der Waals surface area contributed by atoms with Gasteiger partial charge in [-0.25, -0.2) is 4.79 Å². The summed E-state index contributed by atoms with van der Waals surface area (Å²) in [6, 6.07) is 18.4. The number of carbonyl (C=O) groups is 1. The standard InChI is InChI=1S/C24H24N2O3/c1-26(19-5-3-2-4-6-19)20-8-9-21-17(15-20)12-14-29-23(21)10-7-18-16-25-13-11-22(18)24(27)28/h2-6,8-9,11,13,15-16,23H,7,10,12,14H2,1H3,(H,27,28)/t23-/m0/s1. The monoisotopic (exact) mass is 388 g/mol. The van der Waals surface area contributed by atoms with E-state index in [2.05, 4.69) is 47.3 Å². The molecule has 29 heavy (non-hydrogen) atoms. The first-order valence-corrected chi connectivity index (χ1v) is 9.83. The number of nitrogens with zero attached hydrogens (tertiary/aromatic N) is 2. The Morgan fingerprint density at radius 2 is 2.00 bits per heavy atom. The van der Waals surface area contributed by atoms with Crippen LogP contribution in [0.5, 0.6) is 0 Å². The first-order valence-electron chi connectivity index (χ1n) is 9.83. The number of para-hydroxylation sites is 1. The van der Waals surface area contributed by atoms with Crippen molar-refractivity contribution in [2.45, 2.75) is 25.4 Å². The van der Waals surface area contributed by atoms with Gasteiger partial charge in [0.1, 0.15) is 0 Å². The molecule has 1 aromatic heterocycles. The number of carboxylic acids is 1. The van der Waals surface area contributed by atoms with E-state index in [1.807, 2.05) is 18.2 Å². The molecule has 0 saturated heterocycles. The molecule has 0 amide bonds. The maximum atomic E-state index is 11.4. The van der Waals surface area contributed by atoms with Gasteiger partial charge in [-0.05, 0) is 66.3 Å². The number of fused-ring (bicyclic) bond motifs is 1. The van der Waals surface area contributed by atoms with Crippen molar-refractivity contribution < 1.29 is 14.6 Å². The van der Waals surface area contributed by atoms with Gasteiger partial charge in [0.2, 0.25) is 0 Å². The number of ether oxygens (including phenoxy) is 1. The van der Waals surface area contributed by atoms with E-state index in [-0.39, 0.29) is 6.10 Å². The molecule has 0 saturated carbocycles.